The molecule has 31 heavy (non-hydrogen) atoms. The minimum Gasteiger partial charge on any atom is -0.377 e. The summed E-state index contributed by atoms with van der Waals surface area (Å²) in [6.07, 6.45) is 4.12. The van der Waals surface area contributed by atoms with Crippen LogP contribution in [-0.2, 0) is 4.74 Å². The zero-order chi connectivity index (χ0) is 21.2. The maximum absolute atomic E-state index is 13.6. The molecule has 3 aromatic heterocycles. The van der Waals surface area contributed by atoms with E-state index in [1.54, 1.807) is 16.6 Å². The van der Waals surface area contributed by atoms with Crippen LogP contribution >= 0.6 is 0 Å². The van der Waals surface area contributed by atoms with E-state index >= 15 is 0 Å². The van der Waals surface area contributed by atoms with Crippen LogP contribution in [0.3, 0.4) is 0 Å². The average molecular weight is 421 g/mol. The number of H-pyrrole nitrogens is 1. The zero-order valence-corrected chi connectivity index (χ0v) is 17.2. The van der Waals surface area contributed by atoms with E-state index in [1.165, 1.54) is 12.1 Å². The molecule has 1 saturated heterocycles. The third-order valence-electron chi connectivity index (χ3n) is 5.39. The van der Waals surface area contributed by atoms with Gasteiger partial charge >= 0.3 is 0 Å². The fourth-order valence-corrected chi connectivity index (χ4v) is 3.84. The largest absolute Gasteiger partial charge is 0.377 e. The van der Waals surface area contributed by atoms with Crippen molar-refractivity contribution in [3.05, 3.63) is 71.6 Å². The van der Waals surface area contributed by atoms with Crippen LogP contribution in [0.2, 0.25) is 0 Å². The Balaban J connectivity index is 1.52. The Morgan fingerprint density at radius 1 is 1.29 bits per heavy atom. The summed E-state index contributed by atoms with van der Waals surface area (Å²) in [4.78, 5) is 4.83. The highest BCUT2D eigenvalue weighted by Gasteiger charge is 2.23. The number of nitrogens with one attached hydrogen (secondary N) is 3. The van der Waals surface area contributed by atoms with Crippen molar-refractivity contribution in [3.8, 4) is 0 Å². The van der Waals surface area contributed by atoms with Crippen LogP contribution in [-0.4, -0.2) is 44.1 Å². The van der Waals surface area contributed by atoms with E-state index in [1.807, 2.05) is 31.3 Å². The SMILES string of the molecule is Cc1cc(Nc2nc(C(NC[C@H]3CCCO3)c3ccc(F)cc3)nn3cccc23)n[nH]1. The van der Waals surface area contributed by atoms with E-state index in [0.29, 0.717) is 24.0 Å². The third kappa shape index (κ3) is 4.28. The molecule has 160 valence electrons. The first-order chi connectivity index (χ1) is 15.2. The van der Waals surface area contributed by atoms with Crippen LogP contribution < -0.4 is 10.6 Å². The predicted octanol–water partition coefficient (Wildman–Crippen LogP) is 3.50. The molecule has 4 aromatic rings. The Kier molecular flexibility index (Phi) is 5.35. The first-order valence-electron chi connectivity index (χ1n) is 10.4. The van der Waals surface area contributed by atoms with Gasteiger partial charge in [-0.05, 0) is 49.6 Å². The Labute approximate surface area is 178 Å². The van der Waals surface area contributed by atoms with Crippen LogP contribution in [0, 0.1) is 12.7 Å². The molecule has 0 aliphatic carbocycles. The van der Waals surface area contributed by atoms with Gasteiger partial charge in [0.2, 0.25) is 0 Å². The summed E-state index contributed by atoms with van der Waals surface area (Å²) in [5.74, 6) is 1.62. The molecule has 1 fully saturated rings. The van der Waals surface area contributed by atoms with E-state index in [-0.39, 0.29) is 18.0 Å². The number of benzene rings is 1. The molecule has 8 nitrogen and oxygen atoms in total. The van der Waals surface area contributed by atoms with E-state index in [0.717, 1.165) is 36.2 Å². The molecule has 2 atom stereocenters. The van der Waals surface area contributed by atoms with Crippen molar-refractivity contribution in [2.45, 2.75) is 31.9 Å². The second kappa shape index (κ2) is 8.44. The number of hydrogen-bond acceptors (Lipinski definition) is 6. The first kappa shape index (κ1) is 19.7. The second-order valence-electron chi connectivity index (χ2n) is 7.75. The van der Waals surface area contributed by atoms with E-state index in [2.05, 4.69) is 20.8 Å². The van der Waals surface area contributed by atoms with Crippen molar-refractivity contribution in [1.29, 1.82) is 0 Å². The topological polar surface area (TPSA) is 92.2 Å². The molecular weight excluding hydrogens is 397 g/mol. The highest BCUT2D eigenvalue weighted by molar-refractivity contribution is 5.72. The fourth-order valence-electron chi connectivity index (χ4n) is 3.84. The van der Waals surface area contributed by atoms with E-state index in [9.17, 15) is 4.39 Å². The van der Waals surface area contributed by atoms with Crippen LogP contribution in [0.5, 0.6) is 0 Å². The maximum Gasteiger partial charge on any atom is 0.173 e. The standard InChI is InChI=1S/C22H24FN7O/c1-14-12-19(28-27-14)25-21-18-5-2-10-30(18)29-22(26-21)20(15-6-8-16(23)9-7-15)24-13-17-4-3-11-31-17/h2,5-10,12,17,20,24H,3-4,11,13H2,1H3,(H2,25,26,27,28,29)/t17-,20?/m1/s1. The van der Waals surface area contributed by atoms with Gasteiger partial charge in [0.25, 0.3) is 0 Å². The van der Waals surface area contributed by atoms with Gasteiger partial charge in [0.1, 0.15) is 11.3 Å². The molecule has 1 aliphatic rings. The van der Waals surface area contributed by atoms with Crippen molar-refractivity contribution in [1.82, 2.24) is 30.1 Å². The van der Waals surface area contributed by atoms with Gasteiger partial charge in [-0.3, -0.25) is 5.10 Å². The van der Waals surface area contributed by atoms with Crippen molar-refractivity contribution in [2.75, 3.05) is 18.5 Å². The van der Waals surface area contributed by atoms with Gasteiger partial charge in [0.05, 0.1) is 12.1 Å². The molecule has 5 rings (SSSR count). The quantitative estimate of drug-likeness (QED) is 0.423. The molecule has 0 spiro atoms. The normalized spacial score (nSPS) is 17.3. The van der Waals surface area contributed by atoms with E-state index in [4.69, 9.17) is 14.8 Å². The molecular formula is C22H24FN7O. The number of anilines is 2. The number of fused-ring (bicyclic) bond motifs is 1. The summed E-state index contributed by atoms with van der Waals surface area (Å²) in [5, 5.41) is 18.7. The lowest BCUT2D eigenvalue weighted by Crippen LogP contribution is -2.32. The summed E-state index contributed by atoms with van der Waals surface area (Å²) in [6, 6.07) is 11.9. The molecule has 9 heteroatoms. The monoisotopic (exact) mass is 421 g/mol. The summed E-state index contributed by atoms with van der Waals surface area (Å²) in [5.41, 5.74) is 2.67. The Morgan fingerprint density at radius 2 is 2.16 bits per heavy atom. The van der Waals surface area contributed by atoms with Crippen LogP contribution in [0.25, 0.3) is 5.52 Å². The molecule has 0 bridgehead atoms. The lowest BCUT2D eigenvalue weighted by molar-refractivity contribution is 0.108. The molecule has 0 saturated carbocycles. The predicted molar refractivity (Wildman–Crippen MR) is 115 cm³/mol. The van der Waals surface area contributed by atoms with Crippen LogP contribution in [0.15, 0.2) is 48.7 Å². The smallest absolute Gasteiger partial charge is 0.173 e. The van der Waals surface area contributed by atoms with E-state index < -0.39 is 0 Å². The van der Waals surface area contributed by atoms with Crippen molar-refractivity contribution < 1.29 is 9.13 Å². The Bertz CT molecular complexity index is 1160. The number of nitrogens with zero attached hydrogens (tertiary/aromatic N) is 4. The summed E-state index contributed by atoms with van der Waals surface area (Å²) in [7, 11) is 0. The molecule has 0 amide bonds. The third-order valence-corrected chi connectivity index (χ3v) is 5.39. The Morgan fingerprint density at radius 3 is 2.90 bits per heavy atom. The van der Waals surface area contributed by atoms with Gasteiger partial charge in [-0.1, -0.05) is 12.1 Å². The lowest BCUT2D eigenvalue weighted by atomic mass is 10.1. The number of hydrogen-bond donors (Lipinski definition) is 3. The minimum atomic E-state index is -0.321. The van der Waals surface area contributed by atoms with Crippen molar-refractivity contribution in [2.24, 2.45) is 0 Å². The lowest BCUT2D eigenvalue weighted by Gasteiger charge is -2.21. The summed E-state index contributed by atoms with van der Waals surface area (Å²) < 4.78 is 21.1. The molecule has 0 radical (unpaired) electrons. The van der Waals surface area contributed by atoms with Gasteiger partial charge < -0.3 is 15.4 Å². The van der Waals surface area contributed by atoms with Crippen molar-refractivity contribution >= 4 is 17.2 Å². The number of aryl methyl sites for hydroxylation is 1. The minimum absolute atomic E-state index is 0.155. The van der Waals surface area contributed by atoms with Gasteiger partial charge in [0.15, 0.2) is 17.5 Å². The van der Waals surface area contributed by atoms with Gasteiger partial charge in [0, 0.05) is 31.1 Å². The summed E-state index contributed by atoms with van der Waals surface area (Å²) in [6.45, 7) is 3.39. The number of halogens is 1. The van der Waals surface area contributed by atoms with Gasteiger partial charge in [-0.25, -0.2) is 13.9 Å². The summed E-state index contributed by atoms with van der Waals surface area (Å²) >= 11 is 0. The molecule has 3 N–H and O–H groups in total. The van der Waals surface area contributed by atoms with Crippen LogP contribution in [0.1, 0.15) is 36.0 Å². The maximum atomic E-state index is 13.6. The molecule has 1 aromatic carbocycles. The van der Waals surface area contributed by atoms with Gasteiger partial charge in [-0.15, -0.1) is 0 Å². The first-order valence-corrected chi connectivity index (χ1v) is 10.4. The highest BCUT2D eigenvalue weighted by Crippen LogP contribution is 2.25. The fraction of sp³-hybridized carbons (Fsp3) is 0.318. The number of rotatable bonds is 7. The number of aromatic nitrogens is 5. The second-order valence-corrected chi connectivity index (χ2v) is 7.75. The molecule has 1 aliphatic heterocycles. The Hall–Kier alpha value is -3.30. The van der Waals surface area contributed by atoms with Gasteiger partial charge in [-0.2, -0.15) is 10.2 Å². The number of ether oxygens (including phenoxy) is 1. The molecule has 1 unspecified atom stereocenters. The highest BCUT2D eigenvalue weighted by atomic mass is 19.1. The molecule has 4 heterocycles. The van der Waals surface area contributed by atoms with Crippen LogP contribution in [0.4, 0.5) is 16.0 Å². The number of aromatic amines is 1. The van der Waals surface area contributed by atoms with Crippen molar-refractivity contribution in [3.63, 3.8) is 0 Å². The zero-order valence-electron chi connectivity index (χ0n) is 17.2. The average Bonchev–Trinajstić information content (AvgIpc) is 3.52.